The van der Waals surface area contributed by atoms with Crippen molar-refractivity contribution >= 4 is 35.2 Å². The summed E-state index contributed by atoms with van der Waals surface area (Å²) in [6.45, 7) is 0. The van der Waals surface area contributed by atoms with E-state index >= 15 is 0 Å². The molecule has 0 aliphatic rings. The summed E-state index contributed by atoms with van der Waals surface area (Å²) in [6, 6.07) is 5.67. The quantitative estimate of drug-likeness (QED) is 0.637. The van der Waals surface area contributed by atoms with Gasteiger partial charge in [-0.05, 0) is 34.7 Å². The van der Waals surface area contributed by atoms with Crippen molar-refractivity contribution in [1.29, 1.82) is 5.26 Å². The molecule has 0 spiro atoms. The smallest absolute Gasteiger partial charge is 0.138 e. The lowest BCUT2D eigenvalue weighted by atomic mass is 10.2. The minimum absolute atomic E-state index is 0.487. The van der Waals surface area contributed by atoms with Crippen LogP contribution in [0.4, 0.5) is 0 Å². The van der Waals surface area contributed by atoms with Gasteiger partial charge >= 0.3 is 0 Å². The molecule has 0 aliphatic carbocycles. The van der Waals surface area contributed by atoms with Crippen molar-refractivity contribution in [2.75, 3.05) is 7.11 Å². The second-order valence-electron chi connectivity index (χ2n) is 2.11. The first-order valence-corrected chi connectivity index (χ1v) is 4.68. The highest BCUT2D eigenvalue weighted by molar-refractivity contribution is 14.1. The Hall–Kier alpha value is -0.410. The van der Waals surface area contributed by atoms with E-state index in [1.807, 2.05) is 12.1 Å². The normalized spacial score (nSPS) is 9.17. The van der Waals surface area contributed by atoms with Gasteiger partial charge in [-0.1, -0.05) is 0 Å². The van der Waals surface area contributed by atoms with E-state index < -0.39 is 0 Å². The number of hydrogen-bond donors (Lipinski definition) is 1. The van der Waals surface area contributed by atoms with Crippen LogP contribution in [0.1, 0.15) is 5.56 Å². The van der Waals surface area contributed by atoms with E-state index in [1.165, 1.54) is 0 Å². The van der Waals surface area contributed by atoms with E-state index in [0.29, 0.717) is 16.2 Å². The largest absolute Gasteiger partial charge is 0.495 e. The first-order valence-electron chi connectivity index (χ1n) is 3.15. The summed E-state index contributed by atoms with van der Waals surface area (Å²) in [5, 5.41) is 8.74. The fourth-order valence-corrected chi connectivity index (χ4v) is 1.98. The second kappa shape index (κ2) is 4.01. The predicted octanol–water partition coefficient (Wildman–Crippen LogP) is 2.46. The standard InChI is InChI=1S/C8H6INOS/c1-11-7-2-5(9)3-8(12)6(7)4-10/h2-3,12H,1H3. The third-order valence-corrected chi connectivity index (χ3v) is 2.35. The van der Waals surface area contributed by atoms with Gasteiger partial charge in [-0.3, -0.25) is 0 Å². The Morgan fingerprint density at radius 1 is 1.58 bits per heavy atom. The molecule has 12 heavy (non-hydrogen) atoms. The van der Waals surface area contributed by atoms with E-state index in [0.717, 1.165) is 3.57 Å². The molecule has 0 N–H and O–H groups in total. The Labute approximate surface area is 90.1 Å². The number of benzene rings is 1. The number of methoxy groups -OCH3 is 1. The Morgan fingerprint density at radius 2 is 2.25 bits per heavy atom. The molecule has 1 aromatic rings. The molecular formula is C8H6INOS. The van der Waals surface area contributed by atoms with Gasteiger partial charge in [-0.15, -0.1) is 12.6 Å². The van der Waals surface area contributed by atoms with Gasteiger partial charge in [0.15, 0.2) is 0 Å². The maximum absolute atomic E-state index is 8.74. The topological polar surface area (TPSA) is 33.0 Å². The van der Waals surface area contributed by atoms with Crippen molar-refractivity contribution in [3.63, 3.8) is 0 Å². The number of nitriles is 1. The molecule has 0 aromatic heterocycles. The number of rotatable bonds is 1. The van der Waals surface area contributed by atoms with Gasteiger partial charge < -0.3 is 4.74 Å². The van der Waals surface area contributed by atoms with Crippen LogP contribution in [0.5, 0.6) is 5.75 Å². The summed E-state index contributed by atoms with van der Waals surface area (Å²) in [6.07, 6.45) is 0. The molecule has 4 heteroatoms. The number of halogens is 1. The number of nitrogens with zero attached hydrogens (tertiary/aromatic N) is 1. The lowest BCUT2D eigenvalue weighted by molar-refractivity contribution is 0.412. The van der Waals surface area contributed by atoms with E-state index in [9.17, 15) is 0 Å². The number of ether oxygens (including phenoxy) is 1. The van der Waals surface area contributed by atoms with Crippen molar-refractivity contribution in [3.8, 4) is 11.8 Å². The lowest BCUT2D eigenvalue weighted by Crippen LogP contribution is -1.90. The monoisotopic (exact) mass is 291 g/mol. The molecule has 0 fully saturated rings. The Morgan fingerprint density at radius 3 is 2.75 bits per heavy atom. The maximum Gasteiger partial charge on any atom is 0.138 e. The molecule has 2 nitrogen and oxygen atoms in total. The highest BCUT2D eigenvalue weighted by Gasteiger charge is 2.06. The average molecular weight is 291 g/mol. The number of thiol groups is 1. The predicted molar refractivity (Wildman–Crippen MR) is 57.7 cm³/mol. The Kier molecular flexibility index (Phi) is 3.23. The molecule has 62 valence electrons. The number of hydrogen-bond acceptors (Lipinski definition) is 3. The zero-order valence-electron chi connectivity index (χ0n) is 6.34. The minimum Gasteiger partial charge on any atom is -0.495 e. The first kappa shape index (κ1) is 9.68. The SMILES string of the molecule is COc1cc(I)cc(S)c1C#N. The summed E-state index contributed by atoms with van der Waals surface area (Å²) in [5.74, 6) is 0.578. The van der Waals surface area contributed by atoms with Crippen LogP contribution in [0, 0.1) is 14.9 Å². The third kappa shape index (κ3) is 1.84. The van der Waals surface area contributed by atoms with Crippen LogP contribution in [0.25, 0.3) is 0 Å². The van der Waals surface area contributed by atoms with Gasteiger partial charge in [0, 0.05) is 8.47 Å². The summed E-state index contributed by atoms with van der Waals surface area (Å²) >= 11 is 6.31. The molecule has 1 aromatic carbocycles. The van der Waals surface area contributed by atoms with E-state index in [-0.39, 0.29) is 0 Å². The van der Waals surface area contributed by atoms with Gasteiger partial charge in [0.1, 0.15) is 17.4 Å². The van der Waals surface area contributed by atoms with E-state index in [1.54, 1.807) is 13.2 Å². The molecule has 1 rings (SSSR count). The van der Waals surface area contributed by atoms with Crippen LogP contribution in [0.3, 0.4) is 0 Å². The van der Waals surface area contributed by atoms with Crippen molar-refractivity contribution < 1.29 is 4.74 Å². The van der Waals surface area contributed by atoms with Gasteiger partial charge in [-0.2, -0.15) is 5.26 Å². The Balaban J connectivity index is 3.36. The Bertz CT molecular complexity index is 346. The zero-order valence-corrected chi connectivity index (χ0v) is 9.39. The van der Waals surface area contributed by atoms with Crippen LogP contribution in [0.2, 0.25) is 0 Å². The molecular weight excluding hydrogens is 285 g/mol. The van der Waals surface area contributed by atoms with Crippen molar-refractivity contribution in [2.24, 2.45) is 0 Å². The molecule has 0 aliphatic heterocycles. The second-order valence-corrected chi connectivity index (χ2v) is 3.84. The molecule has 0 heterocycles. The average Bonchev–Trinajstić information content (AvgIpc) is 2.03. The van der Waals surface area contributed by atoms with Gasteiger partial charge in [-0.25, -0.2) is 0 Å². The molecule has 0 amide bonds. The molecule has 0 atom stereocenters. The van der Waals surface area contributed by atoms with Crippen LogP contribution in [-0.4, -0.2) is 7.11 Å². The van der Waals surface area contributed by atoms with Gasteiger partial charge in [0.2, 0.25) is 0 Å². The van der Waals surface area contributed by atoms with Crippen LogP contribution in [0.15, 0.2) is 17.0 Å². The van der Waals surface area contributed by atoms with Crippen molar-refractivity contribution in [3.05, 3.63) is 21.3 Å². The van der Waals surface area contributed by atoms with Crippen LogP contribution in [-0.2, 0) is 0 Å². The van der Waals surface area contributed by atoms with Gasteiger partial charge in [0.25, 0.3) is 0 Å². The maximum atomic E-state index is 8.74. The molecule has 0 radical (unpaired) electrons. The fraction of sp³-hybridized carbons (Fsp3) is 0.125. The van der Waals surface area contributed by atoms with Crippen molar-refractivity contribution in [2.45, 2.75) is 4.90 Å². The summed E-state index contributed by atoms with van der Waals surface area (Å²) < 4.78 is 6.03. The summed E-state index contributed by atoms with van der Waals surface area (Å²) in [4.78, 5) is 0.654. The van der Waals surface area contributed by atoms with Crippen LogP contribution < -0.4 is 4.74 Å². The highest BCUT2D eigenvalue weighted by Crippen LogP contribution is 2.26. The minimum atomic E-state index is 0.487. The van der Waals surface area contributed by atoms with Crippen molar-refractivity contribution in [1.82, 2.24) is 0 Å². The summed E-state index contributed by atoms with van der Waals surface area (Å²) in [5.41, 5.74) is 0.487. The fourth-order valence-electron chi connectivity index (χ4n) is 0.841. The first-order chi connectivity index (χ1) is 5.69. The molecule has 0 saturated carbocycles. The lowest BCUT2D eigenvalue weighted by Gasteiger charge is -2.04. The van der Waals surface area contributed by atoms with E-state index in [4.69, 9.17) is 10.00 Å². The summed E-state index contributed by atoms with van der Waals surface area (Å²) in [7, 11) is 1.54. The molecule has 0 saturated heterocycles. The molecule has 0 unspecified atom stereocenters. The van der Waals surface area contributed by atoms with Gasteiger partial charge in [0.05, 0.1) is 7.11 Å². The third-order valence-electron chi connectivity index (χ3n) is 1.38. The zero-order chi connectivity index (χ0) is 9.14. The van der Waals surface area contributed by atoms with E-state index in [2.05, 4.69) is 35.2 Å². The molecule has 0 bridgehead atoms. The van der Waals surface area contributed by atoms with Crippen LogP contribution >= 0.6 is 35.2 Å². The highest BCUT2D eigenvalue weighted by atomic mass is 127.